The molecular formula is C9H18N2O2S. The van der Waals surface area contributed by atoms with E-state index in [2.05, 4.69) is 5.32 Å². The van der Waals surface area contributed by atoms with Gasteiger partial charge in [-0.15, -0.1) is 0 Å². The topological polar surface area (TPSA) is 49.4 Å². The van der Waals surface area contributed by atoms with Crippen molar-refractivity contribution in [2.75, 3.05) is 31.9 Å². The van der Waals surface area contributed by atoms with Crippen molar-refractivity contribution in [1.82, 2.24) is 9.62 Å². The Morgan fingerprint density at radius 1 is 1.43 bits per heavy atom. The van der Waals surface area contributed by atoms with Gasteiger partial charge in [0.2, 0.25) is 10.0 Å². The molecule has 1 rings (SSSR count). The van der Waals surface area contributed by atoms with Crippen LogP contribution < -0.4 is 5.32 Å². The number of rotatable bonds is 5. The van der Waals surface area contributed by atoms with E-state index in [4.69, 9.17) is 0 Å². The molecule has 0 unspecified atom stereocenters. The van der Waals surface area contributed by atoms with Crippen LogP contribution in [0, 0.1) is 0 Å². The summed E-state index contributed by atoms with van der Waals surface area (Å²) in [7, 11) is -3.04. The Morgan fingerprint density at radius 2 is 2.21 bits per heavy atom. The fraction of sp³-hybridized carbons (Fsp3) is 0.778. The van der Waals surface area contributed by atoms with Gasteiger partial charge in [0.15, 0.2) is 0 Å². The lowest BCUT2D eigenvalue weighted by atomic mass is 10.3. The van der Waals surface area contributed by atoms with E-state index in [0.29, 0.717) is 19.6 Å². The van der Waals surface area contributed by atoms with Gasteiger partial charge in [0.05, 0.1) is 5.75 Å². The van der Waals surface area contributed by atoms with Crippen molar-refractivity contribution in [3.8, 4) is 0 Å². The third-order valence-electron chi connectivity index (χ3n) is 2.20. The monoisotopic (exact) mass is 218 g/mol. The molecule has 0 fully saturated rings. The van der Waals surface area contributed by atoms with Crippen LogP contribution in [0.4, 0.5) is 0 Å². The maximum atomic E-state index is 11.7. The van der Waals surface area contributed by atoms with Crippen molar-refractivity contribution >= 4 is 10.0 Å². The summed E-state index contributed by atoms with van der Waals surface area (Å²) < 4.78 is 25.0. The Labute approximate surface area is 86.0 Å². The van der Waals surface area contributed by atoms with Gasteiger partial charge in [0.1, 0.15) is 0 Å². The molecule has 14 heavy (non-hydrogen) atoms. The Kier molecular flexibility index (Phi) is 4.57. The molecule has 1 aliphatic rings. The lowest BCUT2D eigenvalue weighted by Gasteiger charge is -2.22. The van der Waals surface area contributed by atoms with E-state index in [1.54, 1.807) is 4.31 Å². The summed E-state index contributed by atoms with van der Waals surface area (Å²) >= 11 is 0. The summed E-state index contributed by atoms with van der Waals surface area (Å²) in [5.41, 5.74) is 0. The molecule has 0 radical (unpaired) electrons. The Balaban J connectivity index is 2.43. The fourth-order valence-electron chi connectivity index (χ4n) is 1.38. The Bertz CT molecular complexity index is 285. The summed E-state index contributed by atoms with van der Waals surface area (Å²) in [6.07, 6.45) is 4.77. The average Bonchev–Trinajstić information content (AvgIpc) is 2.19. The van der Waals surface area contributed by atoms with Crippen LogP contribution in [0.1, 0.15) is 13.3 Å². The van der Waals surface area contributed by atoms with E-state index in [-0.39, 0.29) is 5.75 Å². The highest BCUT2D eigenvalue weighted by atomic mass is 32.2. The van der Waals surface area contributed by atoms with Crippen LogP contribution in [0.3, 0.4) is 0 Å². The zero-order valence-corrected chi connectivity index (χ0v) is 9.39. The molecule has 1 N–H and O–H groups in total. The highest BCUT2D eigenvalue weighted by Gasteiger charge is 2.20. The van der Waals surface area contributed by atoms with E-state index < -0.39 is 10.0 Å². The third-order valence-corrected chi connectivity index (χ3v) is 4.04. The molecule has 0 aromatic rings. The second-order valence-electron chi connectivity index (χ2n) is 3.29. The molecular weight excluding hydrogens is 200 g/mol. The van der Waals surface area contributed by atoms with Crippen molar-refractivity contribution in [1.29, 1.82) is 0 Å². The normalized spacial score (nSPS) is 18.6. The van der Waals surface area contributed by atoms with Gasteiger partial charge in [-0.05, 0) is 13.0 Å². The van der Waals surface area contributed by atoms with Crippen molar-refractivity contribution in [3.05, 3.63) is 12.2 Å². The van der Waals surface area contributed by atoms with E-state index in [1.807, 2.05) is 19.1 Å². The first-order valence-corrected chi connectivity index (χ1v) is 6.61. The fourth-order valence-corrected chi connectivity index (χ4v) is 2.74. The summed E-state index contributed by atoms with van der Waals surface area (Å²) in [5.74, 6) is 0.203. The second kappa shape index (κ2) is 5.48. The molecule has 0 saturated heterocycles. The van der Waals surface area contributed by atoms with Crippen LogP contribution in [0.15, 0.2) is 12.2 Å². The largest absolute Gasteiger partial charge is 0.316 e. The predicted octanol–water partition coefficient (Wildman–Crippen LogP) is 0.188. The van der Waals surface area contributed by atoms with Crippen LogP contribution in [-0.4, -0.2) is 44.7 Å². The summed E-state index contributed by atoms with van der Waals surface area (Å²) in [4.78, 5) is 0. The quantitative estimate of drug-likeness (QED) is 0.529. The highest BCUT2D eigenvalue weighted by molar-refractivity contribution is 7.89. The summed E-state index contributed by atoms with van der Waals surface area (Å²) in [6, 6.07) is 0. The lowest BCUT2D eigenvalue weighted by Crippen LogP contribution is -2.38. The SMILES string of the molecule is CCNCCS(=O)(=O)N1CC=CCC1. The number of nitrogens with zero attached hydrogens (tertiary/aromatic N) is 1. The van der Waals surface area contributed by atoms with Gasteiger partial charge >= 0.3 is 0 Å². The molecule has 1 aliphatic heterocycles. The molecule has 1 heterocycles. The van der Waals surface area contributed by atoms with Gasteiger partial charge in [0, 0.05) is 19.6 Å². The maximum absolute atomic E-state index is 11.7. The Morgan fingerprint density at radius 3 is 2.79 bits per heavy atom. The highest BCUT2D eigenvalue weighted by Crippen LogP contribution is 2.07. The van der Waals surface area contributed by atoms with Crippen LogP contribution in [0.5, 0.6) is 0 Å². The smallest absolute Gasteiger partial charge is 0.215 e. The van der Waals surface area contributed by atoms with Crippen molar-refractivity contribution < 1.29 is 8.42 Å². The van der Waals surface area contributed by atoms with Crippen LogP contribution in [-0.2, 0) is 10.0 Å². The molecule has 0 aliphatic carbocycles. The molecule has 0 spiro atoms. The minimum absolute atomic E-state index is 0.203. The number of sulfonamides is 1. The Hall–Kier alpha value is -0.390. The van der Waals surface area contributed by atoms with Gasteiger partial charge in [-0.2, -0.15) is 4.31 Å². The minimum atomic E-state index is -3.04. The first kappa shape index (κ1) is 11.7. The summed E-state index contributed by atoms with van der Waals surface area (Å²) in [6.45, 7) is 4.49. The van der Waals surface area contributed by atoms with Gasteiger partial charge in [0.25, 0.3) is 0 Å². The van der Waals surface area contributed by atoms with Crippen LogP contribution in [0.2, 0.25) is 0 Å². The van der Waals surface area contributed by atoms with E-state index in [0.717, 1.165) is 13.0 Å². The van der Waals surface area contributed by atoms with Crippen LogP contribution >= 0.6 is 0 Å². The standard InChI is InChI=1S/C9H18N2O2S/c1-2-10-6-9-14(12,13)11-7-4-3-5-8-11/h3-4,10H,2,5-9H2,1H3. The van der Waals surface area contributed by atoms with E-state index in [9.17, 15) is 8.42 Å². The molecule has 5 heteroatoms. The van der Waals surface area contributed by atoms with Gasteiger partial charge in [-0.3, -0.25) is 0 Å². The second-order valence-corrected chi connectivity index (χ2v) is 5.38. The van der Waals surface area contributed by atoms with E-state index in [1.165, 1.54) is 0 Å². The molecule has 0 saturated carbocycles. The van der Waals surface area contributed by atoms with E-state index >= 15 is 0 Å². The zero-order valence-electron chi connectivity index (χ0n) is 8.57. The molecule has 4 nitrogen and oxygen atoms in total. The molecule has 82 valence electrons. The first-order valence-electron chi connectivity index (χ1n) is 5.00. The molecule has 0 bridgehead atoms. The minimum Gasteiger partial charge on any atom is -0.316 e. The predicted molar refractivity (Wildman–Crippen MR) is 57.7 cm³/mol. The average molecular weight is 218 g/mol. The molecule has 0 amide bonds. The zero-order chi connectivity index (χ0) is 10.4. The first-order chi connectivity index (χ1) is 6.67. The third kappa shape index (κ3) is 3.40. The van der Waals surface area contributed by atoms with Crippen molar-refractivity contribution in [2.24, 2.45) is 0 Å². The van der Waals surface area contributed by atoms with Crippen molar-refractivity contribution in [3.63, 3.8) is 0 Å². The van der Waals surface area contributed by atoms with Gasteiger partial charge < -0.3 is 5.32 Å². The molecule has 0 atom stereocenters. The van der Waals surface area contributed by atoms with Crippen molar-refractivity contribution in [2.45, 2.75) is 13.3 Å². The number of hydrogen-bond donors (Lipinski definition) is 1. The lowest BCUT2D eigenvalue weighted by molar-refractivity contribution is 0.436. The molecule has 0 aromatic heterocycles. The maximum Gasteiger partial charge on any atom is 0.215 e. The number of hydrogen-bond acceptors (Lipinski definition) is 3. The van der Waals surface area contributed by atoms with Gasteiger partial charge in [-0.25, -0.2) is 8.42 Å². The summed E-state index contributed by atoms with van der Waals surface area (Å²) in [5, 5.41) is 3.02. The van der Waals surface area contributed by atoms with Gasteiger partial charge in [-0.1, -0.05) is 19.1 Å². The molecule has 0 aromatic carbocycles. The number of nitrogens with one attached hydrogen (secondary N) is 1. The van der Waals surface area contributed by atoms with Crippen LogP contribution in [0.25, 0.3) is 0 Å².